The minimum absolute atomic E-state index is 0.107. The molecule has 1 saturated carbocycles. The average molecular weight is 221 g/mol. The molecule has 86 valence electrons. The molecule has 6 nitrogen and oxygen atoms in total. The van der Waals surface area contributed by atoms with E-state index in [-0.39, 0.29) is 11.2 Å². The molecule has 0 atom stereocenters. The van der Waals surface area contributed by atoms with E-state index in [0.29, 0.717) is 12.4 Å². The van der Waals surface area contributed by atoms with Crippen LogP contribution in [0.3, 0.4) is 0 Å². The number of amides is 1. The Morgan fingerprint density at radius 3 is 2.62 bits per heavy atom. The van der Waals surface area contributed by atoms with Crippen molar-refractivity contribution in [2.45, 2.75) is 24.8 Å². The Hall–Kier alpha value is -1.69. The number of carbonyl (C=O) groups is 1. The van der Waals surface area contributed by atoms with Crippen LogP contribution >= 0.6 is 0 Å². The van der Waals surface area contributed by atoms with Crippen LogP contribution in [0.15, 0.2) is 12.1 Å². The van der Waals surface area contributed by atoms with Gasteiger partial charge < -0.3 is 16.8 Å². The number of anilines is 1. The fourth-order valence-corrected chi connectivity index (χ4v) is 1.63. The largest absolute Gasteiger partial charge is 0.367 e. The highest BCUT2D eigenvalue weighted by atomic mass is 16.1. The quantitative estimate of drug-likeness (QED) is 0.656. The summed E-state index contributed by atoms with van der Waals surface area (Å²) in [4.78, 5) is 10.8. The second kappa shape index (κ2) is 4.05. The number of aromatic nitrogens is 2. The summed E-state index contributed by atoms with van der Waals surface area (Å²) in [5.74, 6) is 0.0371. The van der Waals surface area contributed by atoms with Gasteiger partial charge in [0, 0.05) is 12.1 Å². The van der Waals surface area contributed by atoms with Gasteiger partial charge in [-0.25, -0.2) is 0 Å². The Morgan fingerprint density at radius 2 is 2.19 bits per heavy atom. The first-order valence-corrected chi connectivity index (χ1v) is 5.25. The molecule has 1 heterocycles. The van der Waals surface area contributed by atoms with Crippen molar-refractivity contribution in [3.05, 3.63) is 17.8 Å². The molecule has 0 aliphatic heterocycles. The van der Waals surface area contributed by atoms with Crippen molar-refractivity contribution in [3.63, 3.8) is 0 Å². The Morgan fingerprint density at radius 1 is 1.44 bits per heavy atom. The molecule has 1 aromatic rings. The molecule has 1 aromatic heterocycles. The van der Waals surface area contributed by atoms with Gasteiger partial charge in [-0.3, -0.25) is 4.79 Å². The summed E-state index contributed by atoms with van der Waals surface area (Å²) in [5, 5.41) is 10.6. The Kier molecular flexibility index (Phi) is 2.74. The molecular formula is C10H15N5O. The summed E-state index contributed by atoms with van der Waals surface area (Å²) in [6.07, 6.45) is 3.25. The molecular weight excluding hydrogens is 206 g/mol. The maximum absolute atomic E-state index is 10.8. The number of carbonyl (C=O) groups excluding carboxylic acids is 1. The number of nitrogens with one attached hydrogen (secondary N) is 1. The van der Waals surface area contributed by atoms with Crippen molar-refractivity contribution in [2.75, 3.05) is 11.9 Å². The van der Waals surface area contributed by atoms with Gasteiger partial charge in [0.05, 0.1) is 0 Å². The summed E-state index contributed by atoms with van der Waals surface area (Å²) >= 11 is 0. The molecule has 0 aromatic carbocycles. The minimum Gasteiger partial charge on any atom is -0.367 e. The Balaban J connectivity index is 1.92. The number of primary amides is 1. The number of nitrogens with zero attached hydrogens (tertiary/aromatic N) is 2. The molecule has 1 aliphatic carbocycles. The van der Waals surface area contributed by atoms with Crippen molar-refractivity contribution in [2.24, 2.45) is 11.5 Å². The van der Waals surface area contributed by atoms with E-state index in [1.165, 1.54) is 6.42 Å². The van der Waals surface area contributed by atoms with E-state index in [9.17, 15) is 4.79 Å². The zero-order chi connectivity index (χ0) is 11.6. The van der Waals surface area contributed by atoms with E-state index in [1.807, 2.05) is 0 Å². The van der Waals surface area contributed by atoms with Gasteiger partial charge in [-0.05, 0) is 31.4 Å². The molecule has 0 radical (unpaired) electrons. The summed E-state index contributed by atoms with van der Waals surface area (Å²) in [6, 6.07) is 3.22. The Labute approximate surface area is 93.4 Å². The zero-order valence-electron chi connectivity index (χ0n) is 8.94. The first-order chi connectivity index (χ1) is 7.59. The molecule has 2 rings (SSSR count). The summed E-state index contributed by atoms with van der Waals surface area (Å²) < 4.78 is 0. The lowest BCUT2D eigenvalue weighted by Gasteiger charge is -2.38. The zero-order valence-corrected chi connectivity index (χ0v) is 8.94. The van der Waals surface area contributed by atoms with Crippen LogP contribution < -0.4 is 16.8 Å². The molecule has 16 heavy (non-hydrogen) atoms. The maximum Gasteiger partial charge on any atom is 0.269 e. The van der Waals surface area contributed by atoms with Crippen molar-refractivity contribution in [1.29, 1.82) is 0 Å². The molecule has 0 spiro atoms. The van der Waals surface area contributed by atoms with E-state index in [2.05, 4.69) is 15.5 Å². The first kappa shape index (κ1) is 10.8. The van der Waals surface area contributed by atoms with Crippen LogP contribution in [0, 0.1) is 0 Å². The standard InChI is InChI=1S/C10H15N5O/c11-9(16)7-2-3-8(15-14-7)13-6-10(12)4-1-5-10/h2-3H,1,4-6,12H2,(H2,11,16)(H,13,15). The van der Waals surface area contributed by atoms with E-state index >= 15 is 0 Å². The van der Waals surface area contributed by atoms with Crippen LogP contribution in [0.5, 0.6) is 0 Å². The number of nitrogens with two attached hydrogens (primary N) is 2. The highest BCUT2D eigenvalue weighted by Gasteiger charge is 2.32. The monoisotopic (exact) mass is 221 g/mol. The summed E-state index contributed by atoms with van der Waals surface area (Å²) in [7, 11) is 0. The number of hydrogen-bond acceptors (Lipinski definition) is 5. The lowest BCUT2D eigenvalue weighted by Crippen LogP contribution is -2.52. The van der Waals surface area contributed by atoms with Crippen molar-refractivity contribution in [1.82, 2.24) is 10.2 Å². The lowest BCUT2D eigenvalue weighted by molar-refractivity contribution is 0.0994. The van der Waals surface area contributed by atoms with Crippen LogP contribution in [-0.2, 0) is 0 Å². The highest BCUT2D eigenvalue weighted by Crippen LogP contribution is 2.28. The molecule has 1 amide bonds. The predicted octanol–water partition coefficient (Wildman–Crippen LogP) is -0.131. The normalized spacial score (nSPS) is 17.6. The van der Waals surface area contributed by atoms with Crippen molar-refractivity contribution >= 4 is 11.7 Å². The van der Waals surface area contributed by atoms with E-state index in [1.54, 1.807) is 12.1 Å². The summed E-state index contributed by atoms with van der Waals surface area (Å²) in [5.41, 5.74) is 11.2. The van der Waals surface area contributed by atoms with Crippen molar-refractivity contribution in [3.8, 4) is 0 Å². The first-order valence-electron chi connectivity index (χ1n) is 5.25. The molecule has 0 unspecified atom stereocenters. The lowest BCUT2D eigenvalue weighted by atomic mass is 9.78. The molecule has 5 N–H and O–H groups in total. The third-order valence-electron chi connectivity index (χ3n) is 2.89. The molecule has 0 bridgehead atoms. The third kappa shape index (κ3) is 2.27. The van der Waals surface area contributed by atoms with Gasteiger partial charge in [0.2, 0.25) is 0 Å². The molecule has 0 saturated heterocycles. The SMILES string of the molecule is NC(=O)c1ccc(NCC2(N)CCC2)nn1. The third-order valence-corrected chi connectivity index (χ3v) is 2.89. The minimum atomic E-state index is -0.576. The second-order valence-corrected chi connectivity index (χ2v) is 4.24. The van der Waals surface area contributed by atoms with Gasteiger partial charge in [0.1, 0.15) is 5.82 Å². The van der Waals surface area contributed by atoms with E-state index in [0.717, 1.165) is 12.8 Å². The van der Waals surface area contributed by atoms with Gasteiger partial charge >= 0.3 is 0 Å². The topological polar surface area (TPSA) is 107 Å². The van der Waals surface area contributed by atoms with Gasteiger partial charge in [0.15, 0.2) is 5.69 Å². The summed E-state index contributed by atoms with van der Waals surface area (Å²) in [6.45, 7) is 0.678. The van der Waals surface area contributed by atoms with Gasteiger partial charge in [0.25, 0.3) is 5.91 Å². The van der Waals surface area contributed by atoms with Gasteiger partial charge in [-0.1, -0.05) is 0 Å². The van der Waals surface area contributed by atoms with Crippen LogP contribution in [0.25, 0.3) is 0 Å². The number of hydrogen-bond donors (Lipinski definition) is 3. The smallest absolute Gasteiger partial charge is 0.269 e. The van der Waals surface area contributed by atoms with Crippen LogP contribution in [-0.4, -0.2) is 28.2 Å². The fourth-order valence-electron chi connectivity index (χ4n) is 1.63. The van der Waals surface area contributed by atoms with Crippen LogP contribution in [0.2, 0.25) is 0 Å². The van der Waals surface area contributed by atoms with E-state index < -0.39 is 5.91 Å². The highest BCUT2D eigenvalue weighted by molar-refractivity contribution is 5.90. The predicted molar refractivity (Wildman–Crippen MR) is 59.8 cm³/mol. The average Bonchev–Trinajstić information content (AvgIpc) is 2.24. The molecule has 1 aliphatic rings. The van der Waals surface area contributed by atoms with Crippen LogP contribution in [0.1, 0.15) is 29.8 Å². The van der Waals surface area contributed by atoms with Gasteiger partial charge in [-0.15, -0.1) is 10.2 Å². The molecule has 6 heteroatoms. The fraction of sp³-hybridized carbons (Fsp3) is 0.500. The van der Waals surface area contributed by atoms with Gasteiger partial charge in [-0.2, -0.15) is 0 Å². The van der Waals surface area contributed by atoms with Crippen molar-refractivity contribution < 1.29 is 4.79 Å². The number of rotatable bonds is 4. The maximum atomic E-state index is 10.8. The van der Waals surface area contributed by atoms with Crippen LogP contribution in [0.4, 0.5) is 5.82 Å². The van der Waals surface area contributed by atoms with E-state index in [4.69, 9.17) is 11.5 Å². The Bertz CT molecular complexity index is 385. The molecule has 1 fully saturated rings. The second-order valence-electron chi connectivity index (χ2n) is 4.24.